The molecule has 0 spiro atoms. The van der Waals surface area contributed by atoms with E-state index in [1.165, 1.54) is 30.2 Å². The highest BCUT2D eigenvalue weighted by molar-refractivity contribution is 5.97. The van der Waals surface area contributed by atoms with Gasteiger partial charge in [-0.25, -0.2) is 0 Å². The Bertz CT molecular complexity index is 957. The maximum Gasteiger partial charge on any atom is 0.263 e. The van der Waals surface area contributed by atoms with Crippen LogP contribution >= 0.6 is 0 Å². The summed E-state index contributed by atoms with van der Waals surface area (Å²) in [6.07, 6.45) is 5.96. The van der Waals surface area contributed by atoms with Crippen molar-refractivity contribution in [3.05, 3.63) is 70.4 Å². The molecule has 0 saturated carbocycles. The largest absolute Gasteiger partial charge is 0.506 e. The van der Waals surface area contributed by atoms with Crippen LogP contribution in [-0.4, -0.2) is 11.0 Å². The standard InChI is InChI=1S/C23H25N3O2/c1-15-7-10-22(27)21(11-15)25-14-20(13-24)23(28)26-16(2)18-9-8-17-5-3-4-6-19(17)12-18/h7-12,14,16,25,27H,3-6H2,1-2H3,(H,26,28)/b20-14-. The third kappa shape index (κ3) is 4.52. The molecule has 1 unspecified atom stereocenters. The number of hydrogen-bond donors (Lipinski definition) is 3. The van der Waals surface area contributed by atoms with Crippen molar-refractivity contribution in [3.63, 3.8) is 0 Å². The molecule has 0 aliphatic heterocycles. The predicted molar refractivity (Wildman–Crippen MR) is 110 cm³/mol. The zero-order chi connectivity index (χ0) is 20.1. The van der Waals surface area contributed by atoms with Crippen LogP contribution in [0, 0.1) is 18.3 Å². The number of carbonyl (C=O) groups is 1. The summed E-state index contributed by atoms with van der Waals surface area (Å²) in [5.74, 6) is -0.394. The lowest BCUT2D eigenvalue weighted by Crippen LogP contribution is -2.28. The molecule has 2 aromatic rings. The smallest absolute Gasteiger partial charge is 0.263 e. The van der Waals surface area contributed by atoms with Gasteiger partial charge in [0, 0.05) is 6.20 Å². The SMILES string of the molecule is Cc1ccc(O)c(N/C=C(/C#N)C(=O)NC(C)c2ccc3c(c2)CCCC3)c1. The minimum absolute atomic E-state index is 0.0503. The first-order chi connectivity index (χ1) is 13.5. The number of aromatic hydroxyl groups is 1. The van der Waals surface area contributed by atoms with Gasteiger partial charge in [-0.15, -0.1) is 0 Å². The van der Waals surface area contributed by atoms with E-state index in [9.17, 15) is 15.2 Å². The van der Waals surface area contributed by atoms with Crippen molar-refractivity contribution < 1.29 is 9.90 Å². The van der Waals surface area contributed by atoms with E-state index in [-0.39, 0.29) is 17.4 Å². The molecule has 0 heterocycles. The lowest BCUT2D eigenvalue weighted by Gasteiger charge is -2.20. The second kappa shape index (κ2) is 8.62. The van der Waals surface area contributed by atoms with Crippen molar-refractivity contribution in [1.82, 2.24) is 5.32 Å². The number of aryl methyl sites for hydroxylation is 3. The molecule has 0 aromatic heterocycles. The zero-order valence-corrected chi connectivity index (χ0v) is 16.2. The minimum Gasteiger partial charge on any atom is -0.506 e. The summed E-state index contributed by atoms with van der Waals surface area (Å²) in [5.41, 5.74) is 5.15. The average Bonchev–Trinajstić information content (AvgIpc) is 2.70. The first-order valence-electron chi connectivity index (χ1n) is 9.57. The minimum atomic E-state index is -0.452. The highest BCUT2D eigenvalue weighted by atomic mass is 16.3. The molecular formula is C23H25N3O2. The van der Waals surface area contributed by atoms with Gasteiger partial charge >= 0.3 is 0 Å². The van der Waals surface area contributed by atoms with Gasteiger partial charge in [0.2, 0.25) is 0 Å². The third-order valence-corrected chi connectivity index (χ3v) is 5.11. The maximum atomic E-state index is 12.5. The van der Waals surface area contributed by atoms with E-state index in [1.54, 1.807) is 18.2 Å². The van der Waals surface area contributed by atoms with Crippen LogP contribution in [0.4, 0.5) is 5.69 Å². The first kappa shape index (κ1) is 19.5. The summed E-state index contributed by atoms with van der Waals surface area (Å²) in [4.78, 5) is 12.5. The third-order valence-electron chi connectivity index (χ3n) is 5.11. The Labute approximate surface area is 165 Å². The zero-order valence-electron chi connectivity index (χ0n) is 16.2. The number of anilines is 1. The van der Waals surface area contributed by atoms with E-state index in [4.69, 9.17) is 0 Å². The number of carbonyl (C=O) groups excluding carboxylic acids is 1. The molecule has 1 aliphatic rings. The molecule has 5 nitrogen and oxygen atoms in total. The van der Waals surface area contributed by atoms with Gasteiger partial charge in [-0.05, 0) is 73.9 Å². The van der Waals surface area contributed by atoms with Crippen LogP contribution < -0.4 is 10.6 Å². The number of nitrogens with one attached hydrogen (secondary N) is 2. The van der Waals surface area contributed by atoms with E-state index in [1.807, 2.05) is 26.0 Å². The fourth-order valence-electron chi connectivity index (χ4n) is 3.44. The van der Waals surface area contributed by atoms with E-state index in [2.05, 4.69) is 22.8 Å². The molecule has 1 atom stereocenters. The van der Waals surface area contributed by atoms with Crippen LogP contribution in [0.2, 0.25) is 0 Å². The topological polar surface area (TPSA) is 85.2 Å². The van der Waals surface area contributed by atoms with Gasteiger partial charge in [0.15, 0.2) is 0 Å². The van der Waals surface area contributed by atoms with E-state index >= 15 is 0 Å². The summed E-state index contributed by atoms with van der Waals surface area (Å²) >= 11 is 0. The fourth-order valence-corrected chi connectivity index (χ4v) is 3.44. The fraction of sp³-hybridized carbons (Fsp3) is 0.304. The van der Waals surface area contributed by atoms with E-state index in [0.717, 1.165) is 24.0 Å². The number of phenols is 1. The molecule has 5 heteroatoms. The highest BCUT2D eigenvalue weighted by Crippen LogP contribution is 2.26. The molecule has 1 amide bonds. The van der Waals surface area contributed by atoms with Crippen LogP contribution in [0.1, 0.15) is 48.1 Å². The van der Waals surface area contributed by atoms with Gasteiger partial charge in [0.1, 0.15) is 17.4 Å². The van der Waals surface area contributed by atoms with Crippen LogP contribution in [0.15, 0.2) is 48.2 Å². The number of benzene rings is 2. The van der Waals surface area contributed by atoms with Crippen LogP contribution in [-0.2, 0) is 17.6 Å². The van der Waals surface area contributed by atoms with E-state index in [0.29, 0.717) is 5.69 Å². The number of rotatable bonds is 5. The lowest BCUT2D eigenvalue weighted by molar-refractivity contribution is -0.117. The van der Waals surface area contributed by atoms with Gasteiger partial charge < -0.3 is 15.7 Å². The molecule has 0 bridgehead atoms. The van der Waals surface area contributed by atoms with Crippen molar-refractivity contribution in [2.24, 2.45) is 0 Å². The number of nitrogens with zero attached hydrogens (tertiary/aromatic N) is 1. The summed E-state index contributed by atoms with van der Waals surface area (Å²) in [5, 5.41) is 25.0. The maximum absolute atomic E-state index is 12.5. The van der Waals surface area contributed by atoms with Crippen molar-refractivity contribution in [2.45, 2.75) is 45.6 Å². The van der Waals surface area contributed by atoms with Gasteiger partial charge in [-0.1, -0.05) is 24.3 Å². The predicted octanol–water partition coefficient (Wildman–Crippen LogP) is 4.28. The van der Waals surface area contributed by atoms with Crippen LogP contribution in [0.5, 0.6) is 5.75 Å². The van der Waals surface area contributed by atoms with Gasteiger partial charge in [-0.3, -0.25) is 4.79 Å². The van der Waals surface area contributed by atoms with Crippen molar-refractivity contribution in [3.8, 4) is 11.8 Å². The second-order valence-electron chi connectivity index (χ2n) is 7.27. The average molecular weight is 375 g/mol. The quantitative estimate of drug-likeness (QED) is 0.414. The van der Waals surface area contributed by atoms with Crippen molar-refractivity contribution >= 4 is 11.6 Å². The summed E-state index contributed by atoms with van der Waals surface area (Å²) in [6.45, 7) is 3.81. The monoisotopic (exact) mass is 375 g/mol. The lowest BCUT2D eigenvalue weighted by atomic mass is 9.89. The molecule has 0 fully saturated rings. The molecule has 2 aromatic carbocycles. The molecule has 3 rings (SSSR count). The van der Waals surface area contributed by atoms with Crippen molar-refractivity contribution in [1.29, 1.82) is 5.26 Å². The summed E-state index contributed by atoms with van der Waals surface area (Å²) in [6, 6.07) is 13.2. The Hall–Kier alpha value is -3.26. The number of phenolic OH excluding ortho intramolecular Hbond substituents is 1. The second-order valence-corrected chi connectivity index (χ2v) is 7.27. The molecule has 0 radical (unpaired) electrons. The van der Waals surface area contributed by atoms with Crippen LogP contribution in [0.3, 0.4) is 0 Å². The van der Waals surface area contributed by atoms with Gasteiger partial charge in [0.25, 0.3) is 5.91 Å². The molecule has 3 N–H and O–H groups in total. The number of fused-ring (bicyclic) bond motifs is 1. The Morgan fingerprint density at radius 3 is 2.68 bits per heavy atom. The molecule has 144 valence electrons. The van der Waals surface area contributed by atoms with Gasteiger partial charge in [0.05, 0.1) is 11.7 Å². The van der Waals surface area contributed by atoms with Crippen LogP contribution in [0.25, 0.3) is 0 Å². The number of amides is 1. The Balaban J connectivity index is 1.69. The molecule has 28 heavy (non-hydrogen) atoms. The molecule has 0 saturated heterocycles. The van der Waals surface area contributed by atoms with Crippen molar-refractivity contribution in [2.75, 3.05) is 5.32 Å². The van der Waals surface area contributed by atoms with Gasteiger partial charge in [-0.2, -0.15) is 5.26 Å². The molecule has 1 aliphatic carbocycles. The first-order valence-corrected chi connectivity index (χ1v) is 9.57. The Kier molecular flexibility index (Phi) is 6.00. The highest BCUT2D eigenvalue weighted by Gasteiger charge is 2.16. The number of hydrogen-bond acceptors (Lipinski definition) is 4. The Morgan fingerprint density at radius 1 is 1.18 bits per heavy atom. The number of nitriles is 1. The molecular weight excluding hydrogens is 350 g/mol. The van der Waals surface area contributed by atoms with E-state index < -0.39 is 5.91 Å². The summed E-state index contributed by atoms with van der Waals surface area (Å²) in [7, 11) is 0. The summed E-state index contributed by atoms with van der Waals surface area (Å²) < 4.78 is 0. The normalized spacial score (nSPS) is 14.5. The Morgan fingerprint density at radius 2 is 1.93 bits per heavy atom.